The standard InChI is InChI=1S/C25H21FN2O/c26-20-6-3-5-17(14-20)18-8-9-21(27-15-18)10-11-23-22-7-2-1-4-19(22)16-28-24(23)12-13-25(28)29/h1-11,14-15,23-24H,12-13,16H2/t23?,24-/m1/s1. The first-order valence-electron chi connectivity index (χ1n) is 9.96. The van der Waals surface area contributed by atoms with Crippen LogP contribution in [0.2, 0.25) is 0 Å². The first-order chi connectivity index (χ1) is 14.2. The highest BCUT2D eigenvalue weighted by Crippen LogP contribution is 2.40. The van der Waals surface area contributed by atoms with E-state index in [1.54, 1.807) is 12.3 Å². The summed E-state index contributed by atoms with van der Waals surface area (Å²) in [6, 6.07) is 19.0. The molecule has 1 aromatic heterocycles. The van der Waals surface area contributed by atoms with Gasteiger partial charge in [-0.05, 0) is 47.4 Å². The van der Waals surface area contributed by atoms with E-state index in [0.717, 1.165) is 23.2 Å². The lowest BCUT2D eigenvalue weighted by Gasteiger charge is -2.37. The predicted molar refractivity (Wildman–Crippen MR) is 111 cm³/mol. The van der Waals surface area contributed by atoms with Crippen LogP contribution in [0.25, 0.3) is 17.2 Å². The van der Waals surface area contributed by atoms with Crippen molar-refractivity contribution in [2.45, 2.75) is 31.3 Å². The topological polar surface area (TPSA) is 33.2 Å². The van der Waals surface area contributed by atoms with Crippen molar-refractivity contribution in [3.8, 4) is 11.1 Å². The number of fused-ring (bicyclic) bond motifs is 2. The maximum atomic E-state index is 13.5. The number of pyridine rings is 1. The Kier molecular flexibility index (Phi) is 4.47. The third-order valence-electron chi connectivity index (χ3n) is 5.96. The van der Waals surface area contributed by atoms with Gasteiger partial charge in [-0.15, -0.1) is 0 Å². The van der Waals surface area contributed by atoms with Crippen LogP contribution in [0.1, 0.15) is 35.6 Å². The second kappa shape index (κ2) is 7.28. The van der Waals surface area contributed by atoms with Crippen LogP contribution in [0.3, 0.4) is 0 Å². The zero-order valence-corrected chi connectivity index (χ0v) is 16.0. The van der Waals surface area contributed by atoms with Crippen molar-refractivity contribution >= 4 is 12.0 Å². The normalized spacial score (nSPS) is 20.7. The summed E-state index contributed by atoms with van der Waals surface area (Å²) >= 11 is 0. The Morgan fingerprint density at radius 2 is 1.93 bits per heavy atom. The number of nitrogens with zero attached hydrogens (tertiary/aromatic N) is 2. The van der Waals surface area contributed by atoms with Gasteiger partial charge in [0.05, 0.1) is 5.69 Å². The molecule has 3 nitrogen and oxygen atoms in total. The molecule has 5 rings (SSSR count). The molecule has 2 aromatic carbocycles. The molecular weight excluding hydrogens is 363 g/mol. The van der Waals surface area contributed by atoms with Crippen molar-refractivity contribution in [3.05, 3.63) is 95.6 Å². The van der Waals surface area contributed by atoms with Crippen molar-refractivity contribution in [3.63, 3.8) is 0 Å². The molecule has 29 heavy (non-hydrogen) atoms. The van der Waals surface area contributed by atoms with Crippen LogP contribution in [0, 0.1) is 5.82 Å². The van der Waals surface area contributed by atoms with E-state index in [0.29, 0.717) is 13.0 Å². The van der Waals surface area contributed by atoms with Gasteiger partial charge in [-0.1, -0.05) is 48.5 Å². The lowest BCUT2D eigenvalue weighted by Crippen LogP contribution is -2.40. The molecule has 144 valence electrons. The van der Waals surface area contributed by atoms with Crippen molar-refractivity contribution in [2.75, 3.05) is 0 Å². The summed E-state index contributed by atoms with van der Waals surface area (Å²) in [6.45, 7) is 0.713. The third kappa shape index (κ3) is 3.35. The number of carbonyl (C=O) groups excluding carboxylic acids is 1. The van der Waals surface area contributed by atoms with E-state index in [1.165, 1.54) is 23.3 Å². The molecule has 1 fully saturated rings. The number of amides is 1. The Bertz CT molecular complexity index is 1090. The summed E-state index contributed by atoms with van der Waals surface area (Å²) < 4.78 is 13.5. The largest absolute Gasteiger partial charge is 0.334 e. The Balaban J connectivity index is 1.42. The van der Waals surface area contributed by atoms with Gasteiger partial charge in [0.1, 0.15) is 5.82 Å². The minimum absolute atomic E-state index is 0.177. The van der Waals surface area contributed by atoms with Crippen LogP contribution in [-0.4, -0.2) is 21.8 Å². The number of hydrogen-bond acceptors (Lipinski definition) is 2. The fraction of sp³-hybridized carbons (Fsp3) is 0.200. The minimum atomic E-state index is -0.252. The van der Waals surface area contributed by atoms with Crippen LogP contribution in [0.5, 0.6) is 0 Å². The average Bonchev–Trinajstić information content (AvgIpc) is 3.12. The van der Waals surface area contributed by atoms with Gasteiger partial charge in [-0.25, -0.2) is 4.39 Å². The Morgan fingerprint density at radius 1 is 1.03 bits per heavy atom. The monoisotopic (exact) mass is 384 g/mol. The predicted octanol–water partition coefficient (Wildman–Crippen LogP) is 5.19. The Morgan fingerprint density at radius 3 is 2.76 bits per heavy atom. The molecule has 0 radical (unpaired) electrons. The second-order valence-corrected chi connectivity index (χ2v) is 7.69. The number of carbonyl (C=O) groups is 1. The van der Waals surface area contributed by atoms with Gasteiger partial charge in [0.15, 0.2) is 0 Å². The highest BCUT2D eigenvalue weighted by molar-refractivity contribution is 5.79. The van der Waals surface area contributed by atoms with Crippen LogP contribution < -0.4 is 0 Å². The molecule has 1 unspecified atom stereocenters. The van der Waals surface area contributed by atoms with Gasteiger partial charge in [0.25, 0.3) is 0 Å². The van der Waals surface area contributed by atoms with Crippen molar-refractivity contribution < 1.29 is 9.18 Å². The van der Waals surface area contributed by atoms with Gasteiger partial charge < -0.3 is 4.90 Å². The SMILES string of the molecule is O=C1CC[C@@H]2C(C=Cc3ccc(-c4cccc(F)c4)cn3)c3ccccc3CN12. The van der Waals surface area contributed by atoms with Crippen molar-refractivity contribution in [1.29, 1.82) is 0 Å². The molecule has 0 N–H and O–H groups in total. The van der Waals surface area contributed by atoms with Gasteiger partial charge in [0.2, 0.25) is 5.91 Å². The highest BCUT2D eigenvalue weighted by atomic mass is 19.1. The van der Waals surface area contributed by atoms with Crippen molar-refractivity contribution in [1.82, 2.24) is 9.88 Å². The quantitative estimate of drug-likeness (QED) is 0.623. The minimum Gasteiger partial charge on any atom is -0.334 e. The summed E-state index contributed by atoms with van der Waals surface area (Å²) in [5, 5.41) is 0. The summed E-state index contributed by atoms with van der Waals surface area (Å²) in [6.07, 6.45) is 7.51. The van der Waals surface area contributed by atoms with Crippen LogP contribution >= 0.6 is 0 Å². The Hall–Kier alpha value is -3.27. The molecule has 0 saturated carbocycles. The molecule has 2 aliphatic rings. The summed E-state index contributed by atoms with van der Waals surface area (Å²) in [4.78, 5) is 18.9. The molecule has 3 aromatic rings. The molecule has 4 heteroatoms. The lowest BCUT2D eigenvalue weighted by molar-refractivity contribution is -0.130. The van der Waals surface area contributed by atoms with E-state index >= 15 is 0 Å². The van der Waals surface area contributed by atoms with E-state index in [-0.39, 0.29) is 23.7 Å². The first kappa shape index (κ1) is 17.8. The molecule has 3 heterocycles. The van der Waals surface area contributed by atoms with Gasteiger partial charge in [-0.3, -0.25) is 9.78 Å². The third-order valence-corrected chi connectivity index (χ3v) is 5.96. The summed E-state index contributed by atoms with van der Waals surface area (Å²) in [7, 11) is 0. The fourth-order valence-electron chi connectivity index (χ4n) is 4.51. The van der Waals surface area contributed by atoms with Crippen LogP contribution in [0.4, 0.5) is 4.39 Å². The van der Waals surface area contributed by atoms with Gasteiger partial charge >= 0.3 is 0 Å². The van der Waals surface area contributed by atoms with E-state index < -0.39 is 0 Å². The first-order valence-corrected chi connectivity index (χ1v) is 9.96. The molecule has 2 aliphatic heterocycles. The van der Waals surface area contributed by atoms with Crippen LogP contribution in [0.15, 0.2) is 72.9 Å². The second-order valence-electron chi connectivity index (χ2n) is 7.69. The molecule has 0 spiro atoms. The highest BCUT2D eigenvalue weighted by Gasteiger charge is 2.40. The number of halogens is 1. The fourth-order valence-corrected chi connectivity index (χ4v) is 4.51. The molecule has 0 bridgehead atoms. The zero-order chi connectivity index (χ0) is 19.8. The number of aromatic nitrogens is 1. The number of rotatable bonds is 3. The molecule has 1 saturated heterocycles. The summed E-state index contributed by atoms with van der Waals surface area (Å²) in [5.74, 6) is 0.176. The molecule has 2 atom stereocenters. The zero-order valence-electron chi connectivity index (χ0n) is 16.0. The maximum Gasteiger partial charge on any atom is 0.223 e. The smallest absolute Gasteiger partial charge is 0.223 e. The molecular formula is C25H21FN2O. The van der Waals surface area contributed by atoms with E-state index in [9.17, 15) is 9.18 Å². The van der Waals surface area contributed by atoms with E-state index in [1.807, 2.05) is 35.2 Å². The Labute approximate surface area is 169 Å². The van der Waals surface area contributed by atoms with Gasteiger partial charge in [-0.2, -0.15) is 0 Å². The average molecular weight is 384 g/mol. The van der Waals surface area contributed by atoms with Gasteiger partial charge in [0, 0.05) is 36.7 Å². The molecule has 1 amide bonds. The van der Waals surface area contributed by atoms with Crippen LogP contribution in [-0.2, 0) is 11.3 Å². The molecule has 0 aliphatic carbocycles. The maximum absolute atomic E-state index is 13.5. The van der Waals surface area contributed by atoms with E-state index in [4.69, 9.17) is 0 Å². The summed E-state index contributed by atoms with van der Waals surface area (Å²) in [5.41, 5.74) is 5.08. The lowest BCUT2D eigenvalue weighted by atomic mass is 9.83. The number of benzene rings is 2. The van der Waals surface area contributed by atoms with Crippen molar-refractivity contribution in [2.24, 2.45) is 0 Å². The number of hydrogen-bond donors (Lipinski definition) is 0. The van der Waals surface area contributed by atoms with E-state index in [2.05, 4.69) is 29.3 Å².